The first-order chi connectivity index (χ1) is 12.5. The molecule has 2 aromatic rings. The smallest absolute Gasteiger partial charge is 0.181 e. The van der Waals surface area contributed by atoms with Crippen LogP contribution in [0.25, 0.3) is 11.0 Å². The van der Waals surface area contributed by atoms with Crippen molar-refractivity contribution in [3.8, 4) is 0 Å². The molecule has 26 heavy (non-hydrogen) atoms. The number of ether oxygens (including phenoxy) is 1. The highest BCUT2D eigenvalue weighted by atomic mass is 19.1. The lowest BCUT2D eigenvalue weighted by molar-refractivity contribution is -0.0564. The Kier molecular flexibility index (Phi) is 5.05. The molecular formula is C15H20FN5O5. The van der Waals surface area contributed by atoms with Crippen LogP contribution in [0, 0.1) is 0 Å². The van der Waals surface area contributed by atoms with Crippen molar-refractivity contribution in [2.45, 2.75) is 38.0 Å². The average molecular weight is 369 g/mol. The van der Waals surface area contributed by atoms with Crippen LogP contribution in [-0.2, 0) is 9.57 Å². The van der Waals surface area contributed by atoms with Crippen molar-refractivity contribution in [1.82, 2.24) is 14.5 Å². The predicted molar refractivity (Wildman–Crippen MR) is 88.7 cm³/mol. The summed E-state index contributed by atoms with van der Waals surface area (Å²) < 4.78 is 22.0. The van der Waals surface area contributed by atoms with Gasteiger partial charge in [-0.25, -0.2) is 19.8 Å². The molecule has 1 aliphatic heterocycles. The van der Waals surface area contributed by atoms with E-state index in [0.29, 0.717) is 23.4 Å². The first-order valence-electron chi connectivity index (χ1n) is 7.99. The van der Waals surface area contributed by atoms with Gasteiger partial charge in [-0.3, -0.25) is 4.84 Å². The summed E-state index contributed by atoms with van der Waals surface area (Å²) in [4.78, 5) is 13.4. The van der Waals surface area contributed by atoms with Gasteiger partial charge in [0.25, 0.3) is 0 Å². The molecular weight excluding hydrogens is 349 g/mol. The SMILES string of the molecule is CCONc1ncnc2c1c(/C=N\O)cn2[C@@H]1OC(CO)C(O)[C@@]1(C)F. The Balaban J connectivity index is 2.15. The van der Waals surface area contributed by atoms with E-state index in [1.165, 1.54) is 24.0 Å². The maximum atomic E-state index is 15.1. The Morgan fingerprint density at radius 1 is 1.54 bits per heavy atom. The minimum Gasteiger partial charge on any atom is -0.411 e. The number of alkyl halides is 1. The molecule has 2 unspecified atom stereocenters. The summed E-state index contributed by atoms with van der Waals surface area (Å²) in [7, 11) is 0. The number of aliphatic hydroxyl groups is 2. The van der Waals surface area contributed by atoms with Gasteiger partial charge in [-0.15, -0.1) is 0 Å². The van der Waals surface area contributed by atoms with Crippen molar-refractivity contribution < 1.29 is 29.4 Å². The Hall–Kier alpha value is -2.34. The Bertz CT molecular complexity index is 811. The minimum absolute atomic E-state index is 0.275. The third-order valence-corrected chi connectivity index (χ3v) is 4.30. The Morgan fingerprint density at radius 3 is 2.92 bits per heavy atom. The van der Waals surface area contributed by atoms with E-state index in [9.17, 15) is 10.2 Å². The second kappa shape index (κ2) is 7.11. The third kappa shape index (κ3) is 2.88. The molecule has 2 aromatic heterocycles. The molecule has 10 nitrogen and oxygen atoms in total. The highest BCUT2D eigenvalue weighted by molar-refractivity contribution is 6.03. The predicted octanol–water partition coefficient (Wildman–Crippen LogP) is 0.582. The average Bonchev–Trinajstić information content (AvgIpc) is 3.09. The monoisotopic (exact) mass is 369 g/mol. The number of hydrogen-bond acceptors (Lipinski definition) is 9. The molecule has 0 amide bonds. The van der Waals surface area contributed by atoms with Crippen molar-refractivity contribution in [3.05, 3.63) is 18.1 Å². The minimum atomic E-state index is -2.19. The number of halogens is 1. The molecule has 0 aliphatic carbocycles. The van der Waals surface area contributed by atoms with E-state index in [1.54, 1.807) is 6.92 Å². The van der Waals surface area contributed by atoms with Crippen LogP contribution >= 0.6 is 0 Å². The molecule has 1 fully saturated rings. The Morgan fingerprint density at radius 2 is 2.31 bits per heavy atom. The van der Waals surface area contributed by atoms with E-state index in [1.807, 2.05) is 0 Å². The van der Waals surface area contributed by atoms with Gasteiger partial charge in [0.15, 0.2) is 17.7 Å². The van der Waals surface area contributed by atoms with E-state index < -0.39 is 30.7 Å². The number of hydrogen-bond donors (Lipinski definition) is 4. The lowest BCUT2D eigenvalue weighted by Crippen LogP contribution is -2.40. The summed E-state index contributed by atoms with van der Waals surface area (Å²) in [5.74, 6) is 0.295. The molecule has 1 aliphatic rings. The van der Waals surface area contributed by atoms with Gasteiger partial charge in [-0.2, -0.15) is 0 Å². The number of nitrogens with zero attached hydrogens (tertiary/aromatic N) is 4. The van der Waals surface area contributed by atoms with E-state index in [2.05, 4.69) is 20.6 Å². The van der Waals surface area contributed by atoms with Gasteiger partial charge in [0.1, 0.15) is 24.2 Å². The van der Waals surface area contributed by atoms with Gasteiger partial charge in [0.05, 0.1) is 24.8 Å². The molecule has 0 spiro atoms. The van der Waals surface area contributed by atoms with Crippen LogP contribution in [0.5, 0.6) is 0 Å². The fourth-order valence-electron chi connectivity index (χ4n) is 3.03. The zero-order chi connectivity index (χ0) is 18.9. The molecule has 0 radical (unpaired) electrons. The van der Waals surface area contributed by atoms with Crippen molar-refractivity contribution in [2.75, 3.05) is 18.7 Å². The van der Waals surface area contributed by atoms with Gasteiger partial charge in [-0.05, 0) is 13.8 Å². The number of rotatable bonds is 6. The van der Waals surface area contributed by atoms with Gasteiger partial charge >= 0.3 is 0 Å². The highest BCUT2D eigenvalue weighted by Gasteiger charge is 2.55. The fourth-order valence-corrected chi connectivity index (χ4v) is 3.03. The van der Waals surface area contributed by atoms with E-state index in [4.69, 9.17) is 14.8 Å². The van der Waals surface area contributed by atoms with Crippen LogP contribution in [0.4, 0.5) is 10.2 Å². The zero-order valence-electron chi connectivity index (χ0n) is 14.2. The lowest BCUT2D eigenvalue weighted by Gasteiger charge is -2.25. The summed E-state index contributed by atoms with van der Waals surface area (Å²) in [5.41, 5.74) is 1.12. The second-order valence-corrected chi connectivity index (χ2v) is 6.00. The molecule has 4 N–H and O–H groups in total. The van der Waals surface area contributed by atoms with Crippen LogP contribution in [-0.4, -0.2) is 67.3 Å². The molecule has 11 heteroatoms. The van der Waals surface area contributed by atoms with Crippen LogP contribution in [0.1, 0.15) is 25.6 Å². The highest BCUT2D eigenvalue weighted by Crippen LogP contribution is 2.43. The maximum Gasteiger partial charge on any atom is 0.181 e. The number of aromatic nitrogens is 3. The largest absolute Gasteiger partial charge is 0.411 e. The van der Waals surface area contributed by atoms with Crippen molar-refractivity contribution in [3.63, 3.8) is 0 Å². The molecule has 3 rings (SSSR count). The van der Waals surface area contributed by atoms with Crippen LogP contribution in [0.3, 0.4) is 0 Å². The zero-order valence-corrected chi connectivity index (χ0v) is 14.2. The first-order valence-corrected chi connectivity index (χ1v) is 7.99. The molecule has 0 saturated carbocycles. The standard InChI is InChI=1S/C15H20FN5O5/c1-3-25-20-12-10-8(4-19-24)5-21(13(10)18-7-17-12)14-15(2,16)11(23)9(6-22)26-14/h4-5,7,9,11,14,22-24H,3,6H2,1-2H3,(H,17,18,20)/b19-4-/t9?,11?,14-,15-/m1/s1. The van der Waals surface area contributed by atoms with Gasteiger partial charge in [0.2, 0.25) is 0 Å². The quantitative estimate of drug-likeness (QED) is 0.330. The normalized spacial score (nSPS) is 29.0. The van der Waals surface area contributed by atoms with Gasteiger partial charge in [0, 0.05) is 11.8 Å². The summed E-state index contributed by atoms with van der Waals surface area (Å²) in [6.07, 6.45) is 0.00493. The van der Waals surface area contributed by atoms with Crippen molar-refractivity contribution in [1.29, 1.82) is 0 Å². The summed E-state index contributed by atoms with van der Waals surface area (Å²) >= 11 is 0. The number of nitrogens with one attached hydrogen (secondary N) is 1. The number of anilines is 1. The van der Waals surface area contributed by atoms with Crippen LogP contribution < -0.4 is 5.48 Å². The topological polar surface area (TPSA) is 134 Å². The summed E-state index contributed by atoms with van der Waals surface area (Å²) in [6, 6.07) is 0. The maximum absolute atomic E-state index is 15.1. The van der Waals surface area contributed by atoms with E-state index >= 15 is 4.39 Å². The van der Waals surface area contributed by atoms with Crippen LogP contribution in [0.15, 0.2) is 17.7 Å². The lowest BCUT2D eigenvalue weighted by atomic mass is 9.98. The molecule has 142 valence electrons. The second-order valence-electron chi connectivity index (χ2n) is 6.00. The van der Waals surface area contributed by atoms with Crippen LogP contribution in [0.2, 0.25) is 0 Å². The van der Waals surface area contributed by atoms with E-state index in [0.717, 1.165) is 6.21 Å². The molecule has 3 heterocycles. The van der Waals surface area contributed by atoms with Crippen molar-refractivity contribution in [2.24, 2.45) is 5.16 Å². The first kappa shape index (κ1) is 18.5. The number of aliphatic hydroxyl groups excluding tert-OH is 2. The van der Waals surface area contributed by atoms with Gasteiger partial charge in [-0.1, -0.05) is 5.16 Å². The molecule has 1 saturated heterocycles. The number of oxime groups is 1. The van der Waals surface area contributed by atoms with E-state index in [-0.39, 0.29) is 5.65 Å². The summed E-state index contributed by atoms with van der Waals surface area (Å²) in [6.45, 7) is 2.80. The fraction of sp³-hybridized carbons (Fsp3) is 0.533. The van der Waals surface area contributed by atoms with Crippen molar-refractivity contribution >= 4 is 23.1 Å². The van der Waals surface area contributed by atoms with Gasteiger partial charge < -0.3 is 24.7 Å². The Labute approximate surface area is 147 Å². The molecule has 0 bridgehead atoms. The molecule has 0 aromatic carbocycles. The summed E-state index contributed by atoms with van der Waals surface area (Å²) in [5, 5.41) is 31.8. The molecule has 4 atom stereocenters. The third-order valence-electron chi connectivity index (χ3n) is 4.30. The number of fused-ring (bicyclic) bond motifs is 1.